The van der Waals surface area contributed by atoms with Gasteiger partial charge in [0.1, 0.15) is 18.0 Å². The lowest BCUT2D eigenvalue weighted by molar-refractivity contribution is 0.0240. The number of aliphatic hydroxyl groups is 1. The minimum atomic E-state index is -0.486. The van der Waals surface area contributed by atoms with Crippen molar-refractivity contribution in [1.29, 1.82) is 0 Å². The smallest absolute Gasteiger partial charge is 0.410 e. The molecule has 0 saturated carbocycles. The summed E-state index contributed by atoms with van der Waals surface area (Å²) in [5.74, 6) is 0.747. The van der Waals surface area contributed by atoms with Crippen molar-refractivity contribution in [3.8, 4) is 6.01 Å². The van der Waals surface area contributed by atoms with Crippen molar-refractivity contribution in [1.82, 2.24) is 14.9 Å². The maximum atomic E-state index is 12.0. The van der Waals surface area contributed by atoms with Gasteiger partial charge in [-0.25, -0.2) is 9.78 Å². The van der Waals surface area contributed by atoms with E-state index in [9.17, 15) is 4.79 Å². The fraction of sp³-hybridized carbons (Fsp3) is 0.667. The van der Waals surface area contributed by atoms with Gasteiger partial charge in [-0.2, -0.15) is 4.98 Å². The Kier molecular flexibility index (Phi) is 5.59. The zero-order valence-corrected chi connectivity index (χ0v) is 13.9. The summed E-state index contributed by atoms with van der Waals surface area (Å²) in [5.41, 5.74) is -0.486. The molecule has 1 aliphatic heterocycles. The number of aromatic nitrogens is 2. The predicted octanol–water partition coefficient (Wildman–Crippen LogP) is 0.905. The highest BCUT2D eigenvalue weighted by Gasteiger charge is 2.26. The minimum Gasteiger partial charge on any atom is -0.461 e. The second-order valence-electron chi connectivity index (χ2n) is 6.22. The fourth-order valence-corrected chi connectivity index (χ4v) is 2.16. The Hall–Kier alpha value is -2.09. The molecule has 2 heterocycles. The van der Waals surface area contributed by atoms with Crippen molar-refractivity contribution < 1.29 is 19.4 Å². The standard InChI is InChI=1S/C15H24N4O4/c1-15(2,3)23-14(21)19-8-6-18(7-9-19)12-4-5-16-13(17-12)22-11-10-20/h4-5,20H,6-11H2,1-3H3. The van der Waals surface area contributed by atoms with Crippen LogP contribution in [0.15, 0.2) is 12.3 Å². The van der Waals surface area contributed by atoms with Crippen LogP contribution in [-0.2, 0) is 4.74 Å². The highest BCUT2D eigenvalue weighted by Crippen LogP contribution is 2.17. The summed E-state index contributed by atoms with van der Waals surface area (Å²) in [5, 5.41) is 8.77. The first kappa shape index (κ1) is 17.3. The Morgan fingerprint density at radius 1 is 1.30 bits per heavy atom. The third kappa shape index (κ3) is 5.24. The van der Waals surface area contributed by atoms with E-state index >= 15 is 0 Å². The molecule has 128 valence electrons. The van der Waals surface area contributed by atoms with Gasteiger partial charge < -0.3 is 24.4 Å². The van der Waals surface area contributed by atoms with Crippen molar-refractivity contribution in [3.63, 3.8) is 0 Å². The minimum absolute atomic E-state index is 0.0812. The van der Waals surface area contributed by atoms with Crippen LogP contribution in [0.5, 0.6) is 6.01 Å². The Balaban J connectivity index is 1.90. The SMILES string of the molecule is CC(C)(C)OC(=O)N1CCN(c2ccnc(OCCO)n2)CC1. The van der Waals surface area contributed by atoms with Crippen molar-refractivity contribution >= 4 is 11.9 Å². The van der Waals surface area contributed by atoms with Crippen LogP contribution >= 0.6 is 0 Å². The number of nitrogens with zero attached hydrogens (tertiary/aromatic N) is 4. The Labute approximate surface area is 136 Å². The zero-order valence-electron chi connectivity index (χ0n) is 13.9. The number of anilines is 1. The second-order valence-corrected chi connectivity index (χ2v) is 6.22. The molecule has 1 aromatic rings. The third-order valence-corrected chi connectivity index (χ3v) is 3.20. The molecule has 2 rings (SSSR count). The van der Waals surface area contributed by atoms with E-state index in [1.807, 2.05) is 20.8 Å². The summed E-state index contributed by atoms with van der Waals surface area (Å²) in [4.78, 5) is 24.1. The molecule has 1 N–H and O–H groups in total. The molecule has 1 fully saturated rings. The fourth-order valence-electron chi connectivity index (χ4n) is 2.16. The van der Waals surface area contributed by atoms with E-state index in [4.69, 9.17) is 14.6 Å². The van der Waals surface area contributed by atoms with Gasteiger partial charge in [0.25, 0.3) is 0 Å². The number of hydrogen-bond acceptors (Lipinski definition) is 7. The average molecular weight is 324 g/mol. The van der Waals surface area contributed by atoms with E-state index in [1.54, 1.807) is 17.2 Å². The molecule has 0 spiro atoms. The van der Waals surface area contributed by atoms with E-state index < -0.39 is 5.60 Å². The molecular formula is C15H24N4O4. The summed E-state index contributed by atoms with van der Waals surface area (Å²) < 4.78 is 10.6. The highest BCUT2D eigenvalue weighted by molar-refractivity contribution is 5.68. The molecular weight excluding hydrogens is 300 g/mol. The first-order valence-corrected chi connectivity index (χ1v) is 7.68. The van der Waals surface area contributed by atoms with Crippen LogP contribution in [0.2, 0.25) is 0 Å². The quantitative estimate of drug-likeness (QED) is 0.880. The normalized spacial score (nSPS) is 15.5. The van der Waals surface area contributed by atoms with Gasteiger partial charge >= 0.3 is 12.1 Å². The van der Waals surface area contributed by atoms with Gasteiger partial charge in [-0.3, -0.25) is 0 Å². The second kappa shape index (κ2) is 7.45. The zero-order chi connectivity index (χ0) is 16.9. The molecule has 1 amide bonds. The largest absolute Gasteiger partial charge is 0.461 e. The van der Waals surface area contributed by atoms with Crippen LogP contribution in [0.4, 0.5) is 10.6 Å². The number of piperazine rings is 1. The predicted molar refractivity (Wildman–Crippen MR) is 84.6 cm³/mol. The lowest BCUT2D eigenvalue weighted by atomic mass is 10.2. The molecule has 1 aliphatic rings. The molecule has 0 atom stereocenters. The first-order valence-electron chi connectivity index (χ1n) is 7.68. The summed E-state index contributed by atoms with van der Waals surface area (Å²) in [6, 6.07) is 2.04. The number of rotatable bonds is 4. The molecule has 0 aromatic carbocycles. The summed E-state index contributed by atoms with van der Waals surface area (Å²) >= 11 is 0. The molecule has 8 nitrogen and oxygen atoms in total. The van der Waals surface area contributed by atoms with Crippen molar-refractivity contribution in [2.75, 3.05) is 44.3 Å². The number of carbonyl (C=O) groups excluding carboxylic acids is 1. The van der Waals surface area contributed by atoms with Crippen LogP contribution in [0.25, 0.3) is 0 Å². The van der Waals surface area contributed by atoms with Gasteiger partial charge in [-0.15, -0.1) is 0 Å². The van der Waals surface area contributed by atoms with Gasteiger partial charge in [0.2, 0.25) is 0 Å². The Morgan fingerprint density at radius 3 is 2.61 bits per heavy atom. The molecule has 0 bridgehead atoms. The highest BCUT2D eigenvalue weighted by atomic mass is 16.6. The Morgan fingerprint density at radius 2 is 2.00 bits per heavy atom. The van der Waals surface area contributed by atoms with Gasteiger partial charge in [-0.1, -0.05) is 0 Å². The Bertz CT molecular complexity index is 524. The lowest BCUT2D eigenvalue weighted by Crippen LogP contribution is -2.50. The van der Waals surface area contributed by atoms with Crippen molar-refractivity contribution in [2.45, 2.75) is 26.4 Å². The van der Waals surface area contributed by atoms with Crippen LogP contribution in [0.3, 0.4) is 0 Å². The maximum absolute atomic E-state index is 12.0. The number of ether oxygens (including phenoxy) is 2. The van der Waals surface area contributed by atoms with Crippen molar-refractivity contribution in [3.05, 3.63) is 12.3 Å². The summed E-state index contributed by atoms with van der Waals surface area (Å²) in [6.07, 6.45) is 1.33. The van der Waals surface area contributed by atoms with Crippen molar-refractivity contribution in [2.24, 2.45) is 0 Å². The van der Waals surface area contributed by atoms with E-state index in [-0.39, 0.29) is 25.3 Å². The van der Waals surface area contributed by atoms with E-state index in [1.165, 1.54) is 0 Å². The molecule has 1 saturated heterocycles. The van der Waals surface area contributed by atoms with Crippen LogP contribution in [0.1, 0.15) is 20.8 Å². The molecule has 1 aromatic heterocycles. The number of amides is 1. The lowest BCUT2D eigenvalue weighted by Gasteiger charge is -2.36. The van der Waals surface area contributed by atoms with Crippen LogP contribution in [0, 0.1) is 0 Å². The molecule has 0 radical (unpaired) electrons. The third-order valence-electron chi connectivity index (χ3n) is 3.20. The summed E-state index contributed by atoms with van der Waals surface area (Å²) in [7, 11) is 0. The van der Waals surface area contributed by atoms with E-state index in [0.717, 1.165) is 5.82 Å². The number of carbonyl (C=O) groups is 1. The molecule has 0 unspecified atom stereocenters. The number of hydrogen-bond donors (Lipinski definition) is 1. The first-order chi connectivity index (χ1) is 10.9. The summed E-state index contributed by atoms with van der Waals surface area (Å²) in [6.45, 7) is 8.13. The molecule has 23 heavy (non-hydrogen) atoms. The van der Waals surface area contributed by atoms with Gasteiger partial charge in [0, 0.05) is 32.4 Å². The maximum Gasteiger partial charge on any atom is 0.410 e. The van der Waals surface area contributed by atoms with E-state index in [0.29, 0.717) is 26.2 Å². The molecule has 0 aliphatic carbocycles. The topological polar surface area (TPSA) is 88.0 Å². The molecule has 8 heteroatoms. The van der Waals surface area contributed by atoms with Gasteiger partial charge in [-0.05, 0) is 26.8 Å². The van der Waals surface area contributed by atoms with Gasteiger partial charge in [0.15, 0.2) is 0 Å². The van der Waals surface area contributed by atoms with E-state index in [2.05, 4.69) is 14.9 Å². The monoisotopic (exact) mass is 324 g/mol. The number of aliphatic hydroxyl groups excluding tert-OH is 1. The van der Waals surface area contributed by atoms with Gasteiger partial charge in [0.05, 0.1) is 6.61 Å². The van der Waals surface area contributed by atoms with Crippen LogP contribution in [-0.4, -0.2) is 71.1 Å². The average Bonchev–Trinajstić information content (AvgIpc) is 2.52. The van der Waals surface area contributed by atoms with Crippen LogP contribution < -0.4 is 9.64 Å².